The zero-order valence-electron chi connectivity index (χ0n) is 15.9. The van der Waals surface area contributed by atoms with Crippen molar-refractivity contribution in [3.63, 3.8) is 0 Å². The Bertz CT molecular complexity index is 619. The van der Waals surface area contributed by atoms with E-state index in [1.807, 2.05) is 20.8 Å². The van der Waals surface area contributed by atoms with Gasteiger partial charge in [-0.05, 0) is 31.4 Å². The van der Waals surface area contributed by atoms with E-state index in [-0.39, 0.29) is 30.6 Å². The predicted molar refractivity (Wildman–Crippen MR) is 97.6 cm³/mol. The van der Waals surface area contributed by atoms with Gasteiger partial charge in [-0.2, -0.15) is 0 Å². The van der Waals surface area contributed by atoms with Crippen LogP contribution in [0.3, 0.4) is 0 Å². The highest BCUT2D eigenvalue weighted by molar-refractivity contribution is 5.98. The lowest BCUT2D eigenvalue weighted by atomic mass is 9.87. The van der Waals surface area contributed by atoms with Crippen molar-refractivity contribution < 1.29 is 19.6 Å². The summed E-state index contributed by atoms with van der Waals surface area (Å²) in [5.41, 5.74) is 1.16. The first-order valence-electron chi connectivity index (χ1n) is 8.98. The minimum absolute atomic E-state index is 0.0736. The molecule has 2 N–H and O–H groups in total. The minimum Gasteiger partial charge on any atom is -0.342 e. The third-order valence-electron chi connectivity index (χ3n) is 4.26. The highest BCUT2D eigenvalue weighted by atomic mass is 16.5. The van der Waals surface area contributed by atoms with Crippen LogP contribution in [-0.2, 0) is 9.59 Å². The number of carbonyl (C=O) groups excluding carboxylic acids is 3. The summed E-state index contributed by atoms with van der Waals surface area (Å²) in [6.45, 7) is 7.43. The molecule has 0 aliphatic heterocycles. The molecular formula is C19H29N3O4. The lowest BCUT2D eigenvalue weighted by molar-refractivity contribution is -0.154. The molecule has 2 atom stereocenters. The van der Waals surface area contributed by atoms with Crippen LogP contribution in [-0.4, -0.2) is 45.9 Å². The summed E-state index contributed by atoms with van der Waals surface area (Å²) in [5, 5.41) is 12.8. The number of nitrogens with one attached hydrogen (secondary N) is 1. The standard InChI is InChI=1S/C19H29N3O4/c1-5-6-7-16(11-22(26)12-23)18(24)17(13(2)3)21-19(25)15-8-9-20-14(4)10-15/h8-10,12-13,16-17,26H,5-7,11H2,1-4H3,(H,21,25)/t16-,17+/m1/s1. The third-order valence-corrected chi connectivity index (χ3v) is 4.26. The summed E-state index contributed by atoms with van der Waals surface area (Å²) in [7, 11) is 0. The summed E-state index contributed by atoms with van der Waals surface area (Å²) in [6, 6.07) is 2.56. The van der Waals surface area contributed by atoms with Gasteiger partial charge in [-0.3, -0.25) is 24.6 Å². The second-order valence-electron chi connectivity index (χ2n) is 6.85. The average Bonchev–Trinajstić information content (AvgIpc) is 2.61. The van der Waals surface area contributed by atoms with E-state index in [1.54, 1.807) is 25.3 Å². The van der Waals surface area contributed by atoms with Gasteiger partial charge in [0.1, 0.15) is 0 Å². The van der Waals surface area contributed by atoms with Crippen LogP contribution >= 0.6 is 0 Å². The fraction of sp³-hybridized carbons (Fsp3) is 0.579. The highest BCUT2D eigenvalue weighted by Crippen LogP contribution is 2.17. The number of ketones is 1. The Morgan fingerprint density at radius 2 is 2.08 bits per heavy atom. The quantitative estimate of drug-likeness (QED) is 0.357. The highest BCUT2D eigenvalue weighted by Gasteiger charge is 2.31. The van der Waals surface area contributed by atoms with Crippen LogP contribution in [0.2, 0.25) is 0 Å². The minimum atomic E-state index is -0.696. The molecule has 1 heterocycles. The van der Waals surface area contributed by atoms with Crippen LogP contribution in [0.15, 0.2) is 18.3 Å². The topological polar surface area (TPSA) is 99.6 Å². The molecule has 26 heavy (non-hydrogen) atoms. The smallest absolute Gasteiger partial charge is 0.251 e. The number of pyridine rings is 1. The van der Waals surface area contributed by atoms with E-state index in [1.165, 1.54) is 0 Å². The SMILES string of the molecule is CCCC[C@H](CN(O)C=O)C(=O)[C@@H](NC(=O)c1ccnc(C)c1)C(C)C. The fourth-order valence-electron chi connectivity index (χ4n) is 2.77. The number of hydrogen-bond donors (Lipinski definition) is 2. The fourth-order valence-corrected chi connectivity index (χ4v) is 2.77. The van der Waals surface area contributed by atoms with Gasteiger partial charge in [0.15, 0.2) is 5.78 Å². The number of nitrogens with zero attached hydrogens (tertiary/aromatic N) is 2. The van der Waals surface area contributed by atoms with Crippen LogP contribution in [0, 0.1) is 18.8 Å². The Morgan fingerprint density at radius 1 is 1.38 bits per heavy atom. The van der Waals surface area contributed by atoms with E-state index in [0.29, 0.717) is 22.7 Å². The van der Waals surface area contributed by atoms with E-state index in [9.17, 15) is 19.6 Å². The van der Waals surface area contributed by atoms with Crippen LogP contribution in [0.4, 0.5) is 0 Å². The molecule has 7 nitrogen and oxygen atoms in total. The normalized spacial score (nSPS) is 13.2. The molecule has 1 aromatic heterocycles. The number of rotatable bonds is 11. The van der Waals surface area contributed by atoms with Crippen molar-refractivity contribution in [3.8, 4) is 0 Å². The molecule has 0 saturated heterocycles. The zero-order valence-corrected chi connectivity index (χ0v) is 15.9. The van der Waals surface area contributed by atoms with Crippen molar-refractivity contribution in [1.29, 1.82) is 0 Å². The summed E-state index contributed by atoms with van der Waals surface area (Å²) >= 11 is 0. The Hall–Kier alpha value is -2.28. The van der Waals surface area contributed by atoms with Gasteiger partial charge in [0, 0.05) is 23.4 Å². The molecule has 1 rings (SSSR count). The Labute approximate surface area is 154 Å². The largest absolute Gasteiger partial charge is 0.342 e. The van der Waals surface area contributed by atoms with E-state index in [0.717, 1.165) is 12.8 Å². The van der Waals surface area contributed by atoms with Gasteiger partial charge in [-0.1, -0.05) is 33.6 Å². The number of hydroxylamine groups is 2. The number of amides is 2. The number of carbonyl (C=O) groups is 3. The number of Topliss-reactive ketones (excluding diaryl/α,β-unsaturated/α-hetero) is 1. The number of hydrogen-bond acceptors (Lipinski definition) is 5. The Morgan fingerprint density at radius 3 is 2.62 bits per heavy atom. The molecule has 1 aromatic rings. The molecule has 0 radical (unpaired) electrons. The summed E-state index contributed by atoms with van der Waals surface area (Å²) in [5.74, 6) is -1.17. The van der Waals surface area contributed by atoms with Crippen molar-refractivity contribution in [1.82, 2.24) is 15.4 Å². The number of unbranched alkanes of at least 4 members (excludes halogenated alkanes) is 1. The second-order valence-corrected chi connectivity index (χ2v) is 6.85. The Kier molecular flexibility index (Phi) is 8.92. The van der Waals surface area contributed by atoms with Crippen molar-refractivity contribution in [2.75, 3.05) is 6.54 Å². The monoisotopic (exact) mass is 363 g/mol. The molecular weight excluding hydrogens is 334 g/mol. The molecule has 0 aromatic carbocycles. The molecule has 144 valence electrons. The Balaban J connectivity index is 2.95. The van der Waals surface area contributed by atoms with Crippen molar-refractivity contribution >= 4 is 18.1 Å². The lowest BCUT2D eigenvalue weighted by Gasteiger charge is -2.27. The van der Waals surface area contributed by atoms with Crippen LogP contribution in [0.5, 0.6) is 0 Å². The summed E-state index contributed by atoms with van der Waals surface area (Å²) in [4.78, 5) is 40.3. The lowest BCUT2D eigenvalue weighted by Crippen LogP contribution is -2.48. The average molecular weight is 363 g/mol. The predicted octanol–water partition coefficient (Wildman–Crippen LogP) is 2.37. The molecule has 0 unspecified atom stereocenters. The molecule has 2 amide bonds. The van der Waals surface area contributed by atoms with Gasteiger partial charge >= 0.3 is 0 Å². The van der Waals surface area contributed by atoms with Gasteiger partial charge in [0.25, 0.3) is 5.91 Å². The first kappa shape index (κ1) is 21.8. The first-order valence-corrected chi connectivity index (χ1v) is 8.98. The van der Waals surface area contributed by atoms with Gasteiger partial charge in [0.05, 0.1) is 12.6 Å². The van der Waals surface area contributed by atoms with E-state index < -0.39 is 12.0 Å². The third kappa shape index (κ3) is 6.55. The van der Waals surface area contributed by atoms with Crippen LogP contribution < -0.4 is 5.32 Å². The molecule has 0 saturated carbocycles. The van der Waals surface area contributed by atoms with Crippen molar-refractivity contribution in [2.45, 2.75) is 53.0 Å². The zero-order chi connectivity index (χ0) is 19.7. The first-order chi connectivity index (χ1) is 12.3. The van der Waals surface area contributed by atoms with E-state index in [4.69, 9.17) is 0 Å². The van der Waals surface area contributed by atoms with Crippen LogP contribution in [0.1, 0.15) is 56.1 Å². The maximum atomic E-state index is 13.0. The van der Waals surface area contributed by atoms with E-state index >= 15 is 0 Å². The molecule has 0 spiro atoms. The summed E-state index contributed by atoms with van der Waals surface area (Å²) in [6.07, 6.45) is 4.08. The number of aryl methyl sites for hydroxylation is 1. The van der Waals surface area contributed by atoms with Gasteiger partial charge in [0.2, 0.25) is 6.41 Å². The number of aromatic nitrogens is 1. The van der Waals surface area contributed by atoms with Gasteiger partial charge in [-0.15, -0.1) is 0 Å². The van der Waals surface area contributed by atoms with Gasteiger partial charge in [-0.25, -0.2) is 5.06 Å². The van der Waals surface area contributed by atoms with Crippen molar-refractivity contribution in [3.05, 3.63) is 29.6 Å². The second kappa shape index (κ2) is 10.7. The maximum Gasteiger partial charge on any atom is 0.251 e. The summed E-state index contributed by atoms with van der Waals surface area (Å²) < 4.78 is 0. The molecule has 0 aliphatic rings. The molecule has 0 aliphatic carbocycles. The maximum absolute atomic E-state index is 13.0. The van der Waals surface area contributed by atoms with Crippen LogP contribution in [0.25, 0.3) is 0 Å². The molecule has 0 fully saturated rings. The molecule has 7 heteroatoms. The van der Waals surface area contributed by atoms with Crippen molar-refractivity contribution in [2.24, 2.45) is 11.8 Å². The van der Waals surface area contributed by atoms with E-state index in [2.05, 4.69) is 10.3 Å². The molecule has 0 bridgehead atoms. The van der Waals surface area contributed by atoms with Gasteiger partial charge < -0.3 is 5.32 Å².